The first-order valence-electron chi connectivity index (χ1n) is 5.97. The van der Waals surface area contributed by atoms with Crippen molar-refractivity contribution in [1.29, 1.82) is 0 Å². The zero-order valence-corrected chi connectivity index (χ0v) is 15.9. The van der Waals surface area contributed by atoms with Crippen LogP contribution in [-0.2, 0) is 60.9 Å². The van der Waals surface area contributed by atoms with Gasteiger partial charge in [0.1, 0.15) is 14.1 Å². The summed E-state index contributed by atoms with van der Waals surface area (Å²) in [4.78, 5) is 0. The number of hydrogen-bond acceptors (Lipinski definition) is 5. The maximum Gasteiger partial charge on any atom is 0.573 e. The molecule has 11 heteroatoms. The van der Waals surface area contributed by atoms with Crippen molar-refractivity contribution < 1.29 is 56.1 Å². The van der Waals surface area contributed by atoms with Gasteiger partial charge in [-0.2, -0.15) is 0 Å². The molecule has 2 aromatic heterocycles. The fourth-order valence-corrected chi connectivity index (χ4v) is 1.53. The van der Waals surface area contributed by atoms with E-state index in [1.165, 1.54) is 14.1 Å². The molecule has 2 aromatic rings. The van der Waals surface area contributed by atoms with Crippen molar-refractivity contribution >= 4 is 11.9 Å². The van der Waals surface area contributed by atoms with Gasteiger partial charge in [-0.3, -0.25) is 0 Å². The molecule has 0 aliphatic carbocycles. The van der Waals surface area contributed by atoms with Gasteiger partial charge in [0.05, 0.1) is 24.2 Å². The monoisotopic (exact) mass is 367 g/mol. The van der Waals surface area contributed by atoms with Gasteiger partial charge in [-0.1, -0.05) is 5.11 Å². The van der Waals surface area contributed by atoms with Crippen LogP contribution in [0.15, 0.2) is 5.11 Å². The van der Waals surface area contributed by atoms with Crippen molar-refractivity contribution in [3.8, 4) is 0 Å². The third-order valence-corrected chi connectivity index (χ3v) is 2.71. The second kappa shape index (κ2) is 7.03. The van der Waals surface area contributed by atoms with Gasteiger partial charge in [-0.05, 0) is 9.36 Å². The number of azo groups is 2. The van der Waals surface area contributed by atoms with Crippen LogP contribution in [0.3, 0.4) is 0 Å². The van der Waals surface area contributed by atoms with E-state index >= 15 is 0 Å². The molecule has 0 fully saturated rings. The first-order valence-corrected chi connectivity index (χ1v) is 5.97. The number of hydrogen-bond donors (Lipinski definition) is 0. The molecule has 0 atom stereocenters. The van der Waals surface area contributed by atoms with Crippen LogP contribution in [0, 0.1) is 13.3 Å². The number of aryl methyl sites for hydroxylation is 4. The molecule has 0 amide bonds. The molecule has 0 unspecified atom stereocenters. The van der Waals surface area contributed by atoms with Gasteiger partial charge in [0.25, 0.3) is 0 Å². The minimum absolute atomic E-state index is 0. The van der Waals surface area contributed by atoms with E-state index in [4.69, 9.17) is 0 Å². The van der Waals surface area contributed by atoms with Gasteiger partial charge >= 0.3 is 17.7 Å². The molecule has 1 radical (unpaired) electrons. The van der Waals surface area contributed by atoms with Gasteiger partial charge in [0, 0.05) is 32.7 Å². The predicted molar refractivity (Wildman–Crippen MR) is 60.3 cm³/mol. The van der Waals surface area contributed by atoms with Crippen LogP contribution in [0.25, 0.3) is 0 Å². The fourth-order valence-electron chi connectivity index (χ4n) is 1.53. The Labute approximate surface area is 147 Å². The van der Waals surface area contributed by atoms with E-state index in [2.05, 4.69) is 31.8 Å². The predicted octanol–water partition coefficient (Wildman–Crippen LogP) is -3.27. The largest absolute Gasteiger partial charge is 0.573 e. The smallest absolute Gasteiger partial charge is 0.131 e. The topological polar surface area (TPSA) is 82.5 Å². The van der Waals surface area contributed by atoms with Crippen LogP contribution >= 0.6 is 0 Å². The summed E-state index contributed by atoms with van der Waals surface area (Å²) < 4.78 is 7.99. The Bertz CT molecular complexity index is 655. The van der Waals surface area contributed by atoms with Gasteiger partial charge in [-0.15, -0.1) is 14.1 Å². The first-order chi connectivity index (χ1) is 9.36. The van der Waals surface area contributed by atoms with Crippen LogP contribution < -0.4 is 18.7 Å². The Morgan fingerprint density at radius 2 is 1.43 bits per heavy atom. The molecule has 0 aliphatic rings. The van der Waals surface area contributed by atoms with E-state index in [0.717, 1.165) is 5.82 Å². The maximum atomic E-state index is 4.28. The van der Waals surface area contributed by atoms with Crippen LogP contribution in [0.2, 0.25) is 0 Å². The summed E-state index contributed by atoms with van der Waals surface area (Å²) in [5, 5.41) is 21.1. The summed E-state index contributed by atoms with van der Waals surface area (Å²) in [5.74, 6) is 1.66. The molecule has 10 nitrogen and oxygen atoms in total. The second-order valence-electron chi connectivity index (χ2n) is 4.37. The molecular weight excluding hydrogens is 349 g/mol. The van der Waals surface area contributed by atoms with Gasteiger partial charge in [-0.25, -0.2) is 0 Å². The summed E-state index contributed by atoms with van der Waals surface area (Å²) in [6.45, 7) is 1.92. The van der Waals surface area contributed by atoms with E-state index in [0.29, 0.717) is 11.9 Å². The first kappa shape index (κ1) is 17.6. The van der Waals surface area contributed by atoms with Crippen molar-refractivity contribution in [1.82, 2.24) is 20.4 Å². The van der Waals surface area contributed by atoms with Gasteiger partial charge in [0.2, 0.25) is 6.33 Å². The van der Waals surface area contributed by atoms with Crippen LogP contribution in [-0.4, -0.2) is 32.1 Å². The van der Waals surface area contributed by atoms with Crippen LogP contribution in [0.1, 0.15) is 5.82 Å². The number of aromatic nitrogens is 8. The molecule has 107 valence electrons. The van der Waals surface area contributed by atoms with E-state index in [9.17, 15) is 0 Å². The van der Waals surface area contributed by atoms with Crippen molar-refractivity contribution in [3.63, 3.8) is 0 Å². The van der Waals surface area contributed by atoms with Crippen LogP contribution in [0.5, 0.6) is 0 Å². The summed E-state index contributed by atoms with van der Waals surface area (Å²) in [5.41, 5.74) is 0. The summed E-state index contributed by atoms with van der Waals surface area (Å²) in [7, 11) is 8.94. The molecule has 21 heavy (non-hydrogen) atoms. The van der Waals surface area contributed by atoms with Crippen molar-refractivity contribution in [2.24, 2.45) is 33.3 Å². The van der Waals surface area contributed by atoms with Crippen molar-refractivity contribution in [2.75, 3.05) is 7.05 Å². The molecule has 0 saturated heterocycles. The normalized spacial score (nSPS) is 11.2. The van der Waals surface area contributed by atoms with Gasteiger partial charge in [0.15, 0.2) is 24.3 Å². The zero-order chi connectivity index (χ0) is 14.9. The summed E-state index contributed by atoms with van der Waals surface area (Å²) >= 11 is 0. The third-order valence-electron chi connectivity index (χ3n) is 2.71. The Hall–Kier alpha value is -1.42. The second-order valence-corrected chi connectivity index (χ2v) is 4.37. The average Bonchev–Trinajstić information content (AvgIpc) is 2.34. The SMILES string of the molecule is Cc1[n+](C)nc(N=[N+](C)c2n[n+](C)[c-][n+](C)n2)n[n+]1C.[Y]. The van der Waals surface area contributed by atoms with Crippen molar-refractivity contribution in [2.45, 2.75) is 6.92 Å². The third kappa shape index (κ3) is 4.27. The van der Waals surface area contributed by atoms with E-state index in [-0.39, 0.29) is 32.7 Å². The maximum absolute atomic E-state index is 4.28. The summed E-state index contributed by atoms with van der Waals surface area (Å²) in [6.07, 6.45) is 2.86. The number of rotatable bonds is 2. The summed E-state index contributed by atoms with van der Waals surface area (Å²) in [6, 6.07) is 0. The van der Waals surface area contributed by atoms with Gasteiger partial charge < -0.3 is 0 Å². The zero-order valence-electron chi connectivity index (χ0n) is 13.0. The molecule has 0 aromatic carbocycles. The Balaban J connectivity index is 0.00000220. The molecule has 0 bridgehead atoms. The molecular formula is C10H18N10Y+4. The molecule has 0 saturated carbocycles. The molecule has 2 heterocycles. The Morgan fingerprint density at radius 1 is 0.952 bits per heavy atom. The van der Waals surface area contributed by atoms with Crippen molar-refractivity contribution in [3.05, 3.63) is 12.2 Å². The Kier molecular flexibility index (Phi) is 5.91. The van der Waals surface area contributed by atoms with E-state index < -0.39 is 0 Å². The van der Waals surface area contributed by atoms with Crippen LogP contribution in [0.4, 0.5) is 11.9 Å². The van der Waals surface area contributed by atoms with E-state index in [1.807, 2.05) is 21.0 Å². The minimum atomic E-state index is 0. The number of nitrogens with zero attached hydrogens (tertiary/aromatic N) is 10. The molecule has 0 N–H and O–H groups in total. The average molecular weight is 367 g/mol. The minimum Gasteiger partial charge on any atom is -0.131 e. The Morgan fingerprint density at radius 3 is 1.90 bits per heavy atom. The quantitative estimate of drug-likeness (QED) is 0.317. The molecule has 0 spiro atoms. The molecule has 2 rings (SSSR count). The molecule has 0 aliphatic heterocycles. The van der Waals surface area contributed by atoms with E-state index in [1.54, 1.807) is 30.5 Å². The standard InChI is InChI=1S/C10H18N10.Y/c1-8-18(4)11-9(12-19(8)5)13-20(6)10-14-16(2)7-17(3)15-10;/h1-6H3;/q+4;. The fraction of sp³-hybridized carbons (Fsp3) is 0.600.